The van der Waals surface area contributed by atoms with Crippen LogP contribution in [-0.4, -0.2) is 0 Å². The van der Waals surface area contributed by atoms with Gasteiger partial charge >= 0.3 is 0 Å². The van der Waals surface area contributed by atoms with Gasteiger partial charge in [-0.05, 0) is 31.0 Å². The highest BCUT2D eigenvalue weighted by Gasteiger charge is 2.08. The average Bonchev–Trinajstić information content (AvgIpc) is 2.85. The summed E-state index contributed by atoms with van der Waals surface area (Å²) in [6, 6.07) is 10.8. The summed E-state index contributed by atoms with van der Waals surface area (Å²) >= 11 is 0. The normalized spacial score (nSPS) is 12.4. The van der Waals surface area contributed by atoms with Crippen molar-refractivity contribution in [2.75, 3.05) is 5.32 Å². The van der Waals surface area contributed by atoms with Crippen LogP contribution in [-0.2, 0) is 6.42 Å². The summed E-state index contributed by atoms with van der Waals surface area (Å²) in [7, 11) is 0. The van der Waals surface area contributed by atoms with Crippen LogP contribution >= 0.6 is 0 Å². The van der Waals surface area contributed by atoms with E-state index in [0.29, 0.717) is 0 Å². The van der Waals surface area contributed by atoms with E-state index < -0.39 is 0 Å². The third kappa shape index (κ3) is 2.90. The van der Waals surface area contributed by atoms with E-state index >= 15 is 0 Å². The van der Waals surface area contributed by atoms with Crippen LogP contribution in [0.4, 0.5) is 5.69 Å². The maximum atomic E-state index is 5.11. The highest BCUT2D eigenvalue weighted by Crippen LogP contribution is 2.23. The number of para-hydroxylation sites is 1. The fraction of sp³-hybridized carbons (Fsp3) is 0.333. The van der Waals surface area contributed by atoms with Gasteiger partial charge in [0.1, 0.15) is 0 Å². The van der Waals surface area contributed by atoms with Crippen LogP contribution in [0, 0.1) is 0 Å². The van der Waals surface area contributed by atoms with Gasteiger partial charge in [-0.3, -0.25) is 0 Å². The van der Waals surface area contributed by atoms with E-state index in [-0.39, 0.29) is 6.04 Å². The van der Waals surface area contributed by atoms with Crippen molar-refractivity contribution in [2.24, 2.45) is 0 Å². The minimum absolute atomic E-state index is 0.270. The standard InChI is InChI=1S/C15H19NO/c1-3-6-13-7-4-5-8-15(13)16-12(2)14-9-10-17-11-14/h4-5,7-12,16H,3,6H2,1-2H3. The summed E-state index contributed by atoms with van der Waals surface area (Å²) < 4.78 is 5.11. The van der Waals surface area contributed by atoms with Crippen molar-refractivity contribution >= 4 is 5.69 Å². The molecule has 0 amide bonds. The molecule has 2 heteroatoms. The van der Waals surface area contributed by atoms with Gasteiger partial charge in [-0.25, -0.2) is 0 Å². The zero-order chi connectivity index (χ0) is 12.1. The molecule has 0 fully saturated rings. The largest absolute Gasteiger partial charge is 0.472 e. The lowest BCUT2D eigenvalue weighted by Crippen LogP contribution is -2.07. The second-order valence-corrected chi connectivity index (χ2v) is 4.33. The molecule has 2 rings (SSSR count). The molecule has 0 spiro atoms. The van der Waals surface area contributed by atoms with E-state index in [1.54, 1.807) is 12.5 Å². The van der Waals surface area contributed by atoms with Crippen LogP contribution in [0.25, 0.3) is 0 Å². The third-order valence-electron chi connectivity index (χ3n) is 2.95. The molecule has 17 heavy (non-hydrogen) atoms. The summed E-state index contributed by atoms with van der Waals surface area (Å²) in [5, 5.41) is 3.54. The van der Waals surface area contributed by atoms with E-state index in [1.165, 1.54) is 23.2 Å². The fourth-order valence-corrected chi connectivity index (χ4v) is 1.99. The first-order valence-corrected chi connectivity index (χ1v) is 6.17. The number of rotatable bonds is 5. The average molecular weight is 229 g/mol. The van der Waals surface area contributed by atoms with Crippen molar-refractivity contribution in [2.45, 2.75) is 32.7 Å². The molecule has 0 saturated carbocycles. The topological polar surface area (TPSA) is 25.2 Å². The molecule has 1 atom stereocenters. The van der Waals surface area contributed by atoms with Gasteiger partial charge in [0.25, 0.3) is 0 Å². The summed E-state index contributed by atoms with van der Waals surface area (Å²) in [6.07, 6.45) is 5.78. The Hall–Kier alpha value is -1.70. The van der Waals surface area contributed by atoms with Crippen LogP contribution in [0.5, 0.6) is 0 Å². The lowest BCUT2D eigenvalue weighted by molar-refractivity contribution is 0.562. The highest BCUT2D eigenvalue weighted by molar-refractivity contribution is 5.52. The molecule has 2 aromatic rings. The first-order chi connectivity index (χ1) is 8.31. The van der Waals surface area contributed by atoms with Crippen LogP contribution in [0.1, 0.15) is 37.4 Å². The number of anilines is 1. The second kappa shape index (κ2) is 5.58. The predicted octanol–water partition coefficient (Wildman–Crippen LogP) is 4.41. The van der Waals surface area contributed by atoms with E-state index in [2.05, 4.69) is 43.4 Å². The zero-order valence-electron chi connectivity index (χ0n) is 10.4. The van der Waals surface area contributed by atoms with Crippen molar-refractivity contribution in [3.8, 4) is 0 Å². The van der Waals surface area contributed by atoms with Gasteiger partial charge in [-0.15, -0.1) is 0 Å². The van der Waals surface area contributed by atoms with Gasteiger partial charge in [0.2, 0.25) is 0 Å². The number of aryl methyl sites for hydroxylation is 1. The number of hydrogen-bond acceptors (Lipinski definition) is 2. The summed E-state index contributed by atoms with van der Waals surface area (Å²) in [6.45, 7) is 4.35. The molecular formula is C15H19NO. The predicted molar refractivity (Wildman–Crippen MR) is 71.2 cm³/mol. The Balaban J connectivity index is 2.12. The summed E-state index contributed by atoms with van der Waals surface area (Å²) in [5.74, 6) is 0. The SMILES string of the molecule is CCCc1ccccc1NC(C)c1ccoc1. The van der Waals surface area contributed by atoms with Crippen LogP contribution in [0.15, 0.2) is 47.3 Å². The van der Waals surface area contributed by atoms with Crippen molar-refractivity contribution < 1.29 is 4.42 Å². The molecule has 0 radical (unpaired) electrons. The molecular weight excluding hydrogens is 210 g/mol. The molecule has 0 aliphatic rings. The molecule has 1 aromatic carbocycles. The first-order valence-electron chi connectivity index (χ1n) is 6.17. The maximum Gasteiger partial charge on any atom is 0.0955 e. The van der Waals surface area contributed by atoms with Crippen LogP contribution in [0.3, 0.4) is 0 Å². The lowest BCUT2D eigenvalue weighted by Gasteiger charge is -2.16. The van der Waals surface area contributed by atoms with E-state index in [9.17, 15) is 0 Å². The lowest BCUT2D eigenvalue weighted by atomic mass is 10.1. The molecule has 90 valence electrons. The van der Waals surface area contributed by atoms with Crippen molar-refractivity contribution in [3.63, 3.8) is 0 Å². The summed E-state index contributed by atoms with van der Waals surface area (Å²) in [4.78, 5) is 0. The van der Waals surface area contributed by atoms with Crippen molar-refractivity contribution in [1.82, 2.24) is 0 Å². The van der Waals surface area contributed by atoms with Gasteiger partial charge in [0, 0.05) is 11.3 Å². The Morgan fingerprint density at radius 3 is 2.76 bits per heavy atom. The van der Waals surface area contributed by atoms with E-state index in [1.807, 2.05) is 6.07 Å². The molecule has 0 aliphatic heterocycles. The minimum atomic E-state index is 0.270. The molecule has 0 bridgehead atoms. The van der Waals surface area contributed by atoms with Crippen LogP contribution < -0.4 is 5.32 Å². The highest BCUT2D eigenvalue weighted by atomic mass is 16.3. The monoisotopic (exact) mass is 229 g/mol. The zero-order valence-corrected chi connectivity index (χ0v) is 10.4. The van der Waals surface area contributed by atoms with Gasteiger partial charge < -0.3 is 9.73 Å². The molecule has 0 saturated heterocycles. The van der Waals surface area contributed by atoms with Gasteiger partial charge in [-0.1, -0.05) is 31.5 Å². The first kappa shape index (κ1) is 11.8. The van der Waals surface area contributed by atoms with Crippen molar-refractivity contribution in [1.29, 1.82) is 0 Å². The Kier molecular flexibility index (Phi) is 3.86. The molecule has 2 nitrogen and oxygen atoms in total. The Morgan fingerprint density at radius 1 is 1.24 bits per heavy atom. The van der Waals surface area contributed by atoms with Gasteiger partial charge in [0.05, 0.1) is 18.6 Å². The van der Waals surface area contributed by atoms with Gasteiger partial charge in [-0.2, -0.15) is 0 Å². The molecule has 1 unspecified atom stereocenters. The van der Waals surface area contributed by atoms with Crippen molar-refractivity contribution in [3.05, 3.63) is 54.0 Å². The van der Waals surface area contributed by atoms with Gasteiger partial charge in [0.15, 0.2) is 0 Å². The van der Waals surface area contributed by atoms with Crippen LogP contribution in [0.2, 0.25) is 0 Å². The van der Waals surface area contributed by atoms with E-state index in [0.717, 1.165) is 6.42 Å². The number of furan rings is 1. The smallest absolute Gasteiger partial charge is 0.0955 e. The second-order valence-electron chi connectivity index (χ2n) is 4.33. The molecule has 0 aliphatic carbocycles. The maximum absolute atomic E-state index is 5.11. The third-order valence-corrected chi connectivity index (χ3v) is 2.95. The minimum Gasteiger partial charge on any atom is -0.472 e. The number of hydrogen-bond donors (Lipinski definition) is 1. The Labute approximate surface area is 103 Å². The fourth-order valence-electron chi connectivity index (χ4n) is 1.99. The number of benzene rings is 1. The quantitative estimate of drug-likeness (QED) is 0.821. The molecule has 1 N–H and O–H groups in total. The molecule has 1 aromatic heterocycles. The molecule has 1 heterocycles. The Bertz CT molecular complexity index is 448. The summed E-state index contributed by atoms with van der Waals surface area (Å²) in [5.41, 5.74) is 3.78. The number of nitrogens with one attached hydrogen (secondary N) is 1. The van der Waals surface area contributed by atoms with E-state index in [4.69, 9.17) is 4.42 Å². The Morgan fingerprint density at radius 2 is 2.06 bits per heavy atom.